The summed E-state index contributed by atoms with van der Waals surface area (Å²) in [6.45, 7) is 6.69. The number of benzene rings is 2. The van der Waals surface area contributed by atoms with E-state index >= 15 is 0 Å². The number of nitrogens with one attached hydrogen (secondary N) is 5. The predicted molar refractivity (Wildman–Crippen MR) is 335 cm³/mol. The van der Waals surface area contributed by atoms with Gasteiger partial charge in [-0.3, -0.25) is 43.0 Å². The number of anilines is 1. The highest BCUT2D eigenvalue weighted by Gasteiger charge is 2.50. The second-order valence-corrected chi connectivity index (χ2v) is 27.9. The molecule has 32 heteroatoms. The summed E-state index contributed by atoms with van der Waals surface area (Å²) in [5.74, 6) is -9.63. The summed E-state index contributed by atoms with van der Waals surface area (Å²) >= 11 is 1.56. The van der Waals surface area contributed by atoms with Crippen LogP contribution in [0.15, 0.2) is 42.5 Å². The summed E-state index contributed by atoms with van der Waals surface area (Å²) < 4.78 is 36.9. The summed E-state index contributed by atoms with van der Waals surface area (Å²) in [5.41, 5.74) is 7.48. The molecule has 93 heavy (non-hydrogen) atoms. The van der Waals surface area contributed by atoms with Crippen LogP contribution in [-0.4, -0.2) is 247 Å². The van der Waals surface area contributed by atoms with Crippen molar-refractivity contribution < 1.29 is 86.5 Å². The summed E-state index contributed by atoms with van der Waals surface area (Å²) in [6, 6.07) is 0.331. The van der Waals surface area contributed by atoms with Crippen LogP contribution in [-0.2, 0) is 50.4 Å². The SMILES string of the molecule is C[C@@H](O)[C@@H]1NC(=O)[C@@H](NCC2CCC(c3nnc(-c4ccc(N5CCN(CC6CCCCC6)CC5)cc4)s3)CC2)C[C@@H](O)CNC(=O)[C@@H]2[C@@H](O)[C@@H](C)CN2C(=O)[C@H]([C@H](O)CC(N)=O)NC(=O)[C@H]([C@H](O)Cc2ccc(O)c(OS(=O)(=O)O)c2)NC(=O)[C@@H]2CC(O)CN2C1=O. The van der Waals surface area contributed by atoms with E-state index in [9.17, 15) is 82.3 Å². The molecule has 15 N–H and O–H groups in total. The molecule has 2 aromatic carbocycles. The highest BCUT2D eigenvalue weighted by atomic mass is 32.3. The van der Waals surface area contributed by atoms with Gasteiger partial charge < -0.3 is 86.9 Å². The Hall–Kier alpha value is -6.72. The van der Waals surface area contributed by atoms with Gasteiger partial charge in [-0.25, -0.2) is 0 Å². The van der Waals surface area contributed by atoms with Gasteiger partial charge in [0.2, 0.25) is 41.4 Å². The fourth-order valence-corrected chi connectivity index (χ4v) is 15.1. The number of hydrogen-bond acceptors (Lipinski definition) is 23. The molecule has 3 aromatic rings. The lowest BCUT2D eigenvalue weighted by Gasteiger charge is -2.38. The number of primary amides is 1. The molecule has 30 nitrogen and oxygen atoms in total. The van der Waals surface area contributed by atoms with E-state index in [-0.39, 0.29) is 30.5 Å². The van der Waals surface area contributed by atoms with Crippen molar-refractivity contribution in [2.75, 3.05) is 63.8 Å². The first-order valence-corrected chi connectivity index (χ1v) is 34.2. The van der Waals surface area contributed by atoms with Crippen LogP contribution < -0.4 is 41.4 Å². The van der Waals surface area contributed by atoms with E-state index in [1.807, 2.05) is 0 Å². The molecule has 1 aromatic heterocycles. The Balaban J connectivity index is 0.914. The molecule has 0 bridgehead atoms. The number of phenols is 1. The van der Waals surface area contributed by atoms with Crippen molar-refractivity contribution in [1.82, 2.24) is 51.5 Å². The van der Waals surface area contributed by atoms with Crippen LogP contribution in [0.1, 0.15) is 107 Å². The second kappa shape index (κ2) is 31.2. The minimum Gasteiger partial charge on any atom is -0.504 e. The van der Waals surface area contributed by atoms with Crippen molar-refractivity contribution in [3.63, 3.8) is 0 Å². The maximum absolute atomic E-state index is 14.7. The third kappa shape index (κ3) is 18.2. The van der Waals surface area contributed by atoms with Crippen LogP contribution in [0.4, 0.5) is 5.69 Å². The van der Waals surface area contributed by atoms with Gasteiger partial charge in [-0.2, -0.15) is 8.42 Å². The molecule has 7 amide bonds. The van der Waals surface area contributed by atoms with E-state index in [4.69, 9.17) is 5.73 Å². The van der Waals surface area contributed by atoms with Gasteiger partial charge in [-0.1, -0.05) is 43.6 Å². The Morgan fingerprint density at radius 1 is 0.763 bits per heavy atom. The van der Waals surface area contributed by atoms with Crippen molar-refractivity contribution >= 4 is 68.8 Å². The standard InChI is InChI=1S/C61H88N12O18S2/c1-32-29-73-52(53(32)81)57(85)64-28-40(75)24-42(63-27-34-8-11-37(12-9-34)58-68-69-59(92-58)38-13-15-39(16-14-38)71-20-18-70(19-21-71)30-35-6-4-3-5-7-35)54(82)65-49(33(2)74)60(86)72-31-41(76)25-43(72)55(83)66-50(56(84)67-51(61(73)87)46(79)26-48(62)80)45(78)22-36-10-17-44(77)47(23-36)91-93(88,89)90/h10,13-17,23,32-35,37,40-43,45-46,49-53,63,74-79,81H,3-9,11-12,18-22,24-31H2,1-2H3,(H2,62,80)(H,64,85)(H,65,82)(H,66,83)(H,67,84)(H,88,89,90)/t32-,33+,34?,37?,40+,41?,42-,43-,45+,46+,49-,50-,51-,52-,53-/m0/s1. The van der Waals surface area contributed by atoms with Crippen LogP contribution in [0.5, 0.6) is 11.5 Å². The number of aliphatic hydroxyl groups is 6. The van der Waals surface area contributed by atoms with Crippen molar-refractivity contribution in [2.45, 2.75) is 176 Å². The molecule has 1 unspecified atom stereocenters. The number of rotatable bonds is 17. The third-order valence-electron chi connectivity index (χ3n) is 18.9. The number of aliphatic hydroxyl groups excluding tert-OH is 6. The number of piperazine rings is 1. The monoisotopic (exact) mass is 1340 g/mol. The topological polar surface area (TPSA) is 450 Å². The molecule has 4 aliphatic heterocycles. The Labute approximate surface area is 542 Å². The van der Waals surface area contributed by atoms with Gasteiger partial charge in [0.25, 0.3) is 0 Å². The average molecular weight is 1340 g/mol. The van der Waals surface area contributed by atoms with E-state index in [1.165, 1.54) is 58.2 Å². The number of nitrogens with two attached hydrogens (primary N) is 1. The Bertz CT molecular complexity index is 3230. The molecule has 5 heterocycles. The molecule has 6 aliphatic rings. The Morgan fingerprint density at radius 2 is 1.43 bits per heavy atom. The van der Waals surface area contributed by atoms with Crippen LogP contribution in [0, 0.1) is 17.8 Å². The normalized spacial score (nSPS) is 29.8. The number of aromatic hydroxyl groups is 1. The average Bonchev–Trinajstić information content (AvgIpc) is 1.74. The first-order chi connectivity index (χ1) is 44.2. The van der Waals surface area contributed by atoms with Crippen LogP contribution >= 0.6 is 11.3 Å². The molecule has 2 saturated carbocycles. The highest BCUT2D eigenvalue weighted by Crippen LogP contribution is 2.39. The van der Waals surface area contributed by atoms with Crippen molar-refractivity contribution in [2.24, 2.45) is 23.5 Å². The molecular formula is C61H88N12O18S2. The summed E-state index contributed by atoms with van der Waals surface area (Å²) in [5, 5.41) is 103. The second-order valence-electron chi connectivity index (χ2n) is 25.9. The smallest absolute Gasteiger partial charge is 0.446 e. The zero-order chi connectivity index (χ0) is 67.0. The molecule has 9 rings (SSSR count). The van der Waals surface area contributed by atoms with Gasteiger partial charge in [0.1, 0.15) is 40.2 Å². The van der Waals surface area contributed by atoms with E-state index in [1.54, 1.807) is 11.3 Å². The lowest BCUT2D eigenvalue weighted by molar-refractivity contribution is -0.147. The van der Waals surface area contributed by atoms with Crippen LogP contribution in [0.25, 0.3) is 10.6 Å². The van der Waals surface area contributed by atoms with Crippen LogP contribution in [0.2, 0.25) is 0 Å². The maximum atomic E-state index is 14.7. The minimum atomic E-state index is -5.22. The number of carbonyl (C=O) groups excluding carboxylic acids is 7. The van der Waals surface area contributed by atoms with E-state index in [2.05, 4.69) is 75.0 Å². The van der Waals surface area contributed by atoms with Crippen molar-refractivity contribution in [3.05, 3.63) is 53.0 Å². The number of hydrogen-bond donors (Lipinski definition) is 14. The molecule has 2 aliphatic carbocycles. The van der Waals surface area contributed by atoms with Gasteiger partial charge in [-0.05, 0) is 112 Å². The van der Waals surface area contributed by atoms with Gasteiger partial charge in [-0.15, -0.1) is 10.2 Å². The molecule has 0 spiro atoms. The van der Waals surface area contributed by atoms with Crippen LogP contribution in [0.3, 0.4) is 0 Å². The Kier molecular flexibility index (Phi) is 23.7. The fraction of sp³-hybridized carbons (Fsp3) is 0.656. The largest absolute Gasteiger partial charge is 0.504 e. The number of nitrogens with zero attached hydrogens (tertiary/aromatic N) is 6. The fourth-order valence-electron chi connectivity index (χ4n) is 13.7. The molecular weight excluding hydrogens is 1250 g/mol. The van der Waals surface area contributed by atoms with Gasteiger partial charge in [0.05, 0.1) is 49.1 Å². The minimum absolute atomic E-state index is 0.00529. The molecule has 13 atom stereocenters. The third-order valence-corrected chi connectivity index (χ3v) is 20.4. The first kappa shape index (κ1) is 70.6. The van der Waals surface area contributed by atoms with E-state index < -0.39 is 181 Å². The molecule has 512 valence electrons. The van der Waals surface area contributed by atoms with Crippen molar-refractivity contribution in [3.8, 4) is 22.1 Å². The Morgan fingerprint density at radius 3 is 2.10 bits per heavy atom. The number of aromatic nitrogens is 2. The molecule has 6 fully saturated rings. The quantitative estimate of drug-likeness (QED) is 0.0635. The van der Waals surface area contributed by atoms with E-state index in [0.717, 1.165) is 88.5 Å². The van der Waals surface area contributed by atoms with E-state index in [0.29, 0.717) is 12.8 Å². The number of phenolic OH excluding ortho intramolecular Hbond substituents is 1. The lowest BCUT2D eigenvalue weighted by atomic mass is 9.82. The summed E-state index contributed by atoms with van der Waals surface area (Å²) in [4.78, 5) is 106. The molecule has 4 saturated heterocycles. The molecule has 0 radical (unpaired) electrons. The predicted octanol–water partition coefficient (Wildman–Crippen LogP) is -2.25. The highest BCUT2D eigenvalue weighted by molar-refractivity contribution is 7.81. The van der Waals surface area contributed by atoms with Crippen molar-refractivity contribution in [1.29, 1.82) is 0 Å². The maximum Gasteiger partial charge on any atom is 0.446 e. The zero-order valence-corrected chi connectivity index (χ0v) is 53.7. The summed E-state index contributed by atoms with van der Waals surface area (Å²) in [7, 11) is -5.22. The van der Waals surface area contributed by atoms with Gasteiger partial charge in [0, 0.05) is 88.3 Å². The number of amides is 7. The number of carbonyl (C=O) groups is 7. The van der Waals surface area contributed by atoms with Gasteiger partial charge >= 0.3 is 10.4 Å². The summed E-state index contributed by atoms with van der Waals surface area (Å²) in [6.07, 6.45) is -3.49. The zero-order valence-electron chi connectivity index (χ0n) is 52.1. The van der Waals surface area contributed by atoms with Gasteiger partial charge in [0.15, 0.2) is 11.5 Å². The lowest BCUT2D eigenvalue weighted by Crippen LogP contribution is -2.64. The number of fused-ring (bicyclic) bond motifs is 2. The first-order valence-electron chi connectivity index (χ1n) is 32.0. The number of β-amino-alcohol motifs (C(OH)–C–C–N with tert-alkyl or cyclic N) is 1.